The zero-order valence-electron chi connectivity index (χ0n) is 9.11. The lowest BCUT2D eigenvalue weighted by Gasteiger charge is -2.06. The minimum Gasteiger partial charge on any atom is -0.338 e. The molecule has 6 heteroatoms. The molecule has 0 saturated heterocycles. The van der Waals surface area contributed by atoms with Crippen molar-refractivity contribution in [2.75, 3.05) is 5.32 Å². The van der Waals surface area contributed by atoms with Crippen molar-refractivity contribution in [2.45, 2.75) is 13.3 Å². The highest BCUT2D eigenvalue weighted by Crippen LogP contribution is 2.21. The van der Waals surface area contributed by atoms with E-state index >= 15 is 0 Å². The quantitative estimate of drug-likeness (QED) is 0.926. The van der Waals surface area contributed by atoms with Gasteiger partial charge in [0.05, 0.1) is 0 Å². The fourth-order valence-corrected chi connectivity index (χ4v) is 1.58. The highest BCUT2D eigenvalue weighted by Gasteiger charge is 2.06. The van der Waals surface area contributed by atoms with Gasteiger partial charge in [-0.1, -0.05) is 30.7 Å². The number of halogens is 2. The zero-order valence-corrected chi connectivity index (χ0v) is 10.6. The molecule has 0 bridgehead atoms. The maximum Gasteiger partial charge on any atom is 0.245 e. The lowest BCUT2D eigenvalue weighted by atomic mass is 10.1. The van der Waals surface area contributed by atoms with E-state index in [1.165, 1.54) is 5.56 Å². The number of benzene rings is 1. The molecule has 1 N–H and O–H groups in total. The van der Waals surface area contributed by atoms with Crippen LogP contribution in [0, 0.1) is 0 Å². The fourth-order valence-electron chi connectivity index (χ4n) is 1.33. The molecule has 1 aromatic carbocycles. The second-order valence-electron chi connectivity index (χ2n) is 3.40. The summed E-state index contributed by atoms with van der Waals surface area (Å²) in [7, 11) is 0. The summed E-state index contributed by atoms with van der Waals surface area (Å²) in [6.45, 7) is 2.10. The SMILES string of the molecule is CCc1ccc(Nc2nc(Cl)nnc2Cl)cc1. The molecule has 0 aliphatic carbocycles. The average Bonchev–Trinajstić information content (AvgIpc) is 2.35. The van der Waals surface area contributed by atoms with Gasteiger partial charge in [-0.2, -0.15) is 4.98 Å². The Kier molecular flexibility index (Phi) is 3.76. The molecule has 17 heavy (non-hydrogen) atoms. The van der Waals surface area contributed by atoms with Crippen LogP contribution < -0.4 is 5.32 Å². The highest BCUT2D eigenvalue weighted by atomic mass is 35.5. The molecule has 0 spiro atoms. The van der Waals surface area contributed by atoms with Crippen molar-refractivity contribution in [3.05, 3.63) is 40.3 Å². The molecule has 0 saturated carbocycles. The molecule has 0 unspecified atom stereocenters. The first-order chi connectivity index (χ1) is 8.19. The van der Waals surface area contributed by atoms with Crippen LogP contribution in [-0.4, -0.2) is 15.2 Å². The summed E-state index contributed by atoms with van der Waals surface area (Å²) in [6, 6.07) is 7.97. The Bertz CT molecular complexity index is 513. The van der Waals surface area contributed by atoms with E-state index in [0.717, 1.165) is 12.1 Å². The second-order valence-corrected chi connectivity index (χ2v) is 4.09. The van der Waals surface area contributed by atoms with Crippen LogP contribution in [0.25, 0.3) is 0 Å². The summed E-state index contributed by atoms with van der Waals surface area (Å²) in [4.78, 5) is 3.96. The van der Waals surface area contributed by atoms with Crippen LogP contribution in [0.2, 0.25) is 10.4 Å². The van der Waals surface area contributed by atoms with Crippen molar-refractivity contribution in [2.24, 2.45) is 0 Å². The molecule has 0 amide bonds. The maximum absolute atomic E-state index is 5.85. The second kappa shape index (κ2) is 5.29. The van der Waals surface area contributed by atoms with E-state index in [4.69, 9.17) is 23.2 Å². The summed E-state index contributed by atoms with van der Waals surface area (Å²) in [6.07, 6.45) is 1.00. The van der Waals surface area contributed by atoms with Gasteiger partial charge in [-0.25, -0.2) is 0 Å². The number of rotatable bonds is 3. The molecule has 0 atom stereocenters. The summed E-state index contributed by atoms with van der Waals surface area (Å²) < 4.78 is 0. The first kappa shape index (κ1) is 12.1. The number of hydrogen-bond acceptors (Lipinski definition) is 4. The molecule has 0 aliphatic heterocycles. The normalized spacial score (nSPS) is 10.3. The lowest BCUT2D eigenvalue weighted by molar-refractivity contribution is 0.974. The summed E-state index contributed by atoms with van der Waals surface area (Å²) in [5.41, 5.74) is 2.14. The maximum atomic E-state index is 5.85. The minimum absolute atomic E-state index is 0.0575. The van der Waals surface area contributed by atoms with Gasteiger partial charge in [0.1, 0.15) is 0 Å². The molecule has 1 aromatic heterocycles. The highest BCUT2D eigenvalue weighted by molar-refractivity contribution is 6.32. The minimum atomic E-state index is 0.0575. The third-order valence-corrected chi connectivity index (χ3v) is 2.66. The largest absolute Gasteiger partial charge is 0.338 e. The molecule has 2 rings (SSSR count). The van der Waals surface area contributed by atoms with Gasteiger partial charge in [0, 0.05) is 5.69 Å². The first-order valence-corrected chi connectivity index (χ1v) is 5.86. The van der Waals surface area contributed by atoms with E-state index in [9.17, 15) is 0 Å². The third-order valence-electron chi connectivity index (χ3n) is 2.24. The zero-order chi connectivity index (χ0) is 12.3. The third kappa shape index (κ3) is 3.05. The Morgan fingerprint density at radius 3 is 2.47 bits per heavy atom. The van der Waals surface area contributed by atoms with Gasteiger partial charge >= 0.3 is 0 Å². The number of hydrogen-bond donors (Lipinski definition) is 1. The van der Waals surface area contributed by atoms with Crippen LogP contribution in [0.5, 0.6) is 0 Å². The fraction of sp³-hybridized carbons (Fsp3) is 0.182. The lowest BCUT2D eigenvalue weighted by Crippen LogP contribution is -1.98. The molecule has 0 fully saturated rings. The predicted octanol–water partition coefficient (Wildman–Crippen LogP) is 3.48. The van der Waals surface area contributed by atoms with Crippen molar-refractivity contribution in [3.63, 3.8) is 0 Å². The summed E-state index contributed by atoms with van der Waals surface area (Å²) in [5.74, 6) is 0.399. The molecular weight excluding hydrogens is 259 g/mol. The topological polar surface area (TPSA) is 50.7 Å². The summed E-state index contributed by atoms with van der Waals surface area (Å²) >= 11 is 11.5. The number of aryl methyl sites for hydroxylation is 1. The molecule has 2 aromatic rings. The van der Waals surface area contributed by atoms with Crippen molar-refractivity contribution in [1.29, 1.82) is 0 Å². The van der Waals surface area contributed by atoms with Crippen LogP contribution in [0.1, 0.15) is 12.5 Å². The Morgan fingerprint density at radius 2 is 1.82 bits per heavy atom. The van der Waals surface area contributed by atoms with Crippen molar-refractivity contribution < 1.29 is 0 Å². The van der Waals surface area contributed by atoms with Crippen LogP contribution in [-0.2, 0) is 6.42 Å². The Balaban J connectivity index is 2.22. The number of aromatic nitrogens is 3. The molecule has 4 nitrogen and oxygen atoms in total. The molecular formula is C11H10Cl2N4. The predicted molar refractivity (Wildman–Crippen MR) is 68.9 cm³/mol. The number of nitrogens with zero attached hydrogens (tertiary/aromatic N) is 3. The van der Waals surface area contributed by atoms with E-state index in [1.807, 2.05) is 24.3 Å². The number of anilines is 2. The van der Waals surface area contributed by atoms with E-state index in [2.05, 4.69) is 27.4 Å². The molecule has 88 valence electrons. The standard InChI is InChI=1S/C11H10Cl2N4/c1-2-7-3-5-8(6-4-7)14-10-9(12)16-17-11(13)15-10/h3-6H,2H2,1H3,(H,14,15,17). The van der Waals surface area contributed by atoms with Gasteiger partial charge in [0.25, 0.3) is 0 Å². The first-order valence-electron chi connectivity index (χ1n) is 5.10. The van der Waals surface area contributed by atoms with Crippen LogP contribution in [0.3, 0.4) is 0 Å². The molecule has 0 radical (unpaired) electrons. The molecule has 1 heterocycles. The Morgan fingerprint density at radius 1 is 1.12 bits per heavy atom. The summed E-state index contributed by atoms with van der Waals surface area (Å²) in [5, 5.41) is 10.5. The van der Waals surface area contributed by atoms with Crippen molar-refractivity contribution >= 4 is 34.7 Å². The van der Waals surface area contributed by atoms with Crippen LogP contribution in [0.4, 0.5) is 11.5 Å². The van der Waals surface area contributed by atoms with Gasteiger partial charge in [0.15, 0.2) is 11.0 Å². The van der Waals surface area contributed by atoms with E-state index in [1.54, 1.807) is 0 Å². The van der Waals surface area contributed by atoms with Gasteiger partial charge < -0.3 is 5.32 Å². The van der Waals surface area contributed by atoms with Gasteiger partial charge in [-0.05, 0) is 35.7 Å². The van der Waals surface area contributed by atoms with E-state index in [0.29, 0.717) is 5.82 Å². The van der Waals surface area contributed by atoms with Crippen LogP contribution >= 0.6 is 23.2 Å². The van der Waals surface area contributed by atoms with Gasteiger partial charge in [-0.3, -0.25) is 0 Å². The van der Waals surface area contributed by atoms with Gasteiger partial charge in [-0.15, -0.1) is 10.2 Å². The van der Waals surface area contributed by atoms with Crippen molar-refractivity contribution in [1.82, 2.24) is 15.2 Å². The van der Waals surface area contributed by atoms with Crippen LogP contribution in [0.15, 0.2) is 24.3 Å². The van der Waals surface area contributed by atoms with E-state index in [-0.39, 0.29) is 10.4 Å². The average molecular weight is 269 g/mol. The van der Waals surface area contributed by atoms with E-state index < -0.39 is 0 Å². The Hall–Kier alpha value is -1.39. The van der Waals surface area contributed by atoms with Crippen molar-refractivity contribution in [3.8, 4) is 0 Å². The monoisotopic (exact) mass is 268 g/mol. The van der Waals surface area contributed by atoms with Gasteiger partial charge in [0.2, 0.25) is 5.28 Å². The molecule has 0 aliphatic rings. The Labute approximate surface area is 109 Å². The number of nitrogens with one attached hydrogen (secondary N) is 1. The smallest absolute Gasteiger partial charge is 0.245 e.